The Hall–Kier alpha value is -1.17. The van der Waals surface area contributed by atoms with Crippen LogP contribution in [0.3, 0.4) is 0 Å². The molecule has 106 valence electrons. The highest BCUT2D eigenvalue weighted by atomic mass is 32.1. The molecule has 0 saturated carbocycles. The van der Waals surface area contributed by atoms with Gasteiger partial charge in [0.25, 0.3) is 0 Å². The van der Waals surface area contributed by atoms with Gasteiger partial charge in [-0.25, -0.2) is 4.98 Å². The average molecular weight is 282 g/mol. The number of hydrogen-bond donors (Lipinski definition) is 1. The van der Waals surface area contributed by atoms with E-state index in [1.165, 1.54) is 11.5 Å². The van der Waals surface area contributed by atoms with Crippen molar-refractivity contribution in [1.82, 2.24) is 9.36 Å². The molecule has 0 bridgehead atoms. The normalized spacial score (nSPS) is 19.9. The van der Waals surface area contributed by atoms with Gasteiger partial charge >= 0.3 is 0 Å². The number of anilines is 1. The Morgan fingerprint density at radius 1 is 1.58 bits per heavy atom. The number of nitrogens with zero attached hydrogens (tertiary/aromatic N) is 3. The first-order valence-electron chi connectivity index (χ1n) is 6.90. The number of amides is 1. The Morgan fingerprint density at radius 3 is 3.05 bits per heavy atom. The van der Waals surface area contributed by atoms with Gasteiger partial charge in [-0.3, -0.25) is 4.79 Å². The summed E-state index contributed by atoms with van der Waals surface area (Å²) in [5, 5.41) is 0.991. The fourth-order valence-electron chi connectivity index (χ4n) is 2.51. The van der Waals surface area contributed by atoms with Crippen LogP contribution in [0.2, 0.25) is 0 Å². The molecule has 1 unspecified atom stereocenters. The maximum atomic E-state index is 11.0. The van der Waals surface area contributed by atoms with E-state index >= 15 is 0 Å². The molecule has 1 aliphatic heterocycles. The van der Waals surface area contributed by atoms with Crippen molar-refractivity contribution in [1.29, 1.82) is 0 Å². The van der Waals surface area contributed by atoms with Gasteiger partial charge in [0.05, 0.1) is 0 Å². The molecule has 1 aromatic rings. The van der Waals surface area contributed by atoms with Gasteiger partial charge in [0.2, 0.25) is 11.0 Å². The van der Waals surface area contributed by atoms with Crippen LogP contribution in [-0.4, -0.2) is 28.4 Å². The van der Waals surface area contributed by atoms with Crippen LogP contribution in [0.5, 0.6) is 0 Å². The van der Waals surface area contributed by atoms with E-state index in [1.54, 1.807) is 0 Å². The van der Waals surface area contributed by atoms with E-state index in [9.17, 15) is 4.79 Å². The second kappa shape index (κ2) is 6.32. The third-order valence-electron chi connectivity index (χ3n) is 3.33. The molecule has 0 aliphatic carbocycles. The number of piperidine rings is 1. The summed E-state index contributed by atoms with van der Waals surface area (Å²) in [4.78, 5) is 17.9. The zero-order chi connectivity index (χ0) is 13.8. The van der Waals surface area contributed by atoms with Gasteiger partial charge in [0.15, 0.2) is 0 Å². The summed E-state index contributed by atoms with van der Waals surface area (Å²) in [6.45, 7) is 6.22. The lowest BCUT2D eigenvalue weighted by atomic mass is 9.95. The zero-order valence-electron chi connectivity index (χ0n) is 11.6. The van der Waals surface area contributed by atoms with E-state index in [0.717, 1.165) is 43.3 Å². The molecule has 5 nitrogen and oxygen atoms in total. The van der Waals surface area contributed by atoms with Crippen molar-refractivity contribution in [3.63, 3.8) is 0 Å². The minimum Gasteiger partial charge on any atom is -0.370 e. The Morgan fingerprint density at radius 2 is 2.37 bits per heavy atom. The zero-order valence-corrected chi connectivity index (χ0v) is 12.4. The largest absolute Gasteiger partial charge is 0.370 e. The summed E-state index contributed by atoms with van der Waals surface area (Å²) in [7, 11) is 0. The molecule has 1 aliphatic rings. The second-order valence-electron chi connectivity index (χ2n) is 5.72. The van der Waals surface area contributed by atoms with E-state index in [2.05, 4.69) is 28.1 Å². The molecule has 2 heterocycles. The molecule has 6 heteroatoms. The summed E-state index contributed by atoms with van der Waals surface area (Å²) < 4.78 is 4.41. The van der Waals surface area contributed by atoms with Crippen molar-refractivity contribution >= 4 is 22.6 Å². The molecule has 0 aromatic carbocycles. The first-order chi connectivity index (χ1) is 9.04. The smallest absolute Gasteiger partial charge is 0.217 e. The number of carbonyl (C=O) groups excluding carboxylic acids is 1. The van der Waals surface area contributed by atoms with Crippen LogP contribution >= 0.6 is 11.5 Å². The molecule has 0 spiro atoms. The molecule has 1 amide bonds. The number of primary amides is 1. The lowest BCUT2D eigenvalue weighted by molar-refractivity contribution is -0.118. The highest BCUT2D eigenvalue weighted by Crippen LogP contribution is 2.26. The quantitative estimate of drug-likeness (QED) is 0.894. The number of nitrogens with two attached hydrogens (primary N) is 1. The molecule has 1 atom stereocenters. The van der Waals surface area contributed by atoms with Gasteiger partial charge in [-0.15, -0.1) is 0 Å². The predicted octanol–water partition coefficient (Wildman–Crippen LogP) is 1.83. The minimum absolute atomic E-state index is 0.204. The predicted molar refractivity (Wildman–Crippen MR) is 77.2 cm³/mol. The highest BCUT2D eigenvalue weighted by Gasteiger charge is 2.23. The van der Waals surface area contributed by atoms with E-state index in [1.807, 2.05) is 0 Å². The number of carbonyl (C=O) groups is 1. The van der Waals surface area contributed by atoms with Gasteiger partial charge < -0.3 is 10.6 Å². The lowest BCUT2D eigenvalue weighted by Crippen LogP contribution is -2.37. The van der Waals surface area contributed by atoms with Crippen molar-refractivity contribution in [2.75, 3.05) is 18.0 Å². The summed E-state index contributed by atoms with van der Waals surface area (Å²) in [5.41, 5.74) is 5.28. The highest BCUT2D eigenvalue weighted by molar-refractivity contribution is 7.09. The van der Waals surface area contributed by atoms with Crippen molar-refractivity contribution in [3.8, 4) is 0 Å². The summed E-state index contributed by atoms with van der Waals surface area (Å²) in [5.74, 6) is 1.67. The van der Waals surface area contributed by atoms with Gasteiger partial charge in [-0.05, 0) is 24.7 Å². The van der Waals surface area contributed by atoms with Crippen LogP contribution in [0, 0.1) is 11.8 Å². The molecule has 1 saturated heterocycles. The summed E-state index contributed by atoms with van der Waals surface area (Å²) in [6, 6.07) is 0. The van der Waals surface area contributed by atoms with Gasteiger partial charge in [0.1, 0.15) is 5.82 Å². The Bertz CT molecular complexity index is 432. The maximum Gasteiger partial charge on any atom is 0.217 e. The molecular weight excluding hydrogens is 260 g/mol. The van der Waals surface area contributed by atoms with Crippen molar-refractivity contribution in [3.05, 3.63) is 5.82 Å². The van der Waals surface area contributed by atoms with E-state index in [0.29, 0.717) is 18.3 Å². The Labute approximate surface area is 118 Å². The van der Waals surface area contributed by atoms with E-state index < -0.39 is 0 Å². The van der Waals surface area contributed by atoms with Gasteiger partial charge in [-0.2, -0.15) is 4.37 Å². The standard InChI is InChI=1S/C13H22N4OS/c1-9(2)6-12-15-13(19-16-12)17-5-3-4-10(8-17)7-11(14)18/h9-10H,3-8H2,1-2H3,(H2,14,18). The minimum atomic E-state index is -0.204. The third kappa shape index (κ3) is 4.16. The van der Waals surface area contributed by atoms with Crippen LogP contribution in [0.15, 0.2) is 0 Å². The second-order valence-corrected chi connectivity index (χ2v) is 6.45. The van der Waals surface area contributed by atoms with Crippen LogP contribution in [0.25, 0.3) is 0 Å². The van der Waals surface area contributed by atoms with E-state index in [-0.39, 0.29) is 5.91 Å². The number of rotatable bonds is 5. The van der Waals surface area contributed by atoms with Crippen LogP contribution in [0.1, 0.15) is 38.9 Å². The molecule has 2 N–H and O–H groups in total. The first-order valence-corrected chi connectivity index (χ1v) is 7.67. The lowest BCUT2D eigenvalue weighted by Gasteiger charge is -2.31. The molecule has 19 heavy (non-hydrogen) atoms. The maximum absolute atomic E-state index is 11.0. The molecular formula is C13H22N4OS. The molecule has 1 fully saturated rings. The summed E-state index contributed by atoms with van der Waals surface area (Å²) >= 11 is 1.47. The molecule has 1 aromatic heterocycles. The third-order valence-corrected chi connectivity index (χ3v) is 4.14. The Balaban J connectivity index is 1.96. The van der Waals surface area contributed by atoms with E-state index in [4.69, 9.17) is 5.73 Å². The summed E-state index contributed by atoms with van der Waals surface area (Å²) in [6.07, 6.45) is 3.58. The molecule has 2 rings (SSSR count). The first kappa shape index (κ1) is 14.2. The SMILES string of the molecule is CC(C)Cc1nsc(N2CCCC(CC(N)=O)C2)n1. The molecule has 0 radical (unpaired) electrons. The number of hydrogen-bond acceptors (Lipinski definition) is 5. The fourth-order valence-corrected chi connectivity index (χ4v) is 3.24. The topological polar surface area (TPSA) is 72.1 Å². The van der Waals surface area contributed by atoms with Crippen LogP contribution in [-0.2, 0) is 11.2 Å². The van der Waals surface area contributed by atoms with Crippen LogP contribution < -0.4 is 10.6 Å². The average Bonchev–Trinajstić information content (AvgIpc) is 2.76. The van der Waals surface area contributed by atoms with Crippen molar-refractivity contribution in [2.24, 2.45) is 17.6 Å². The fraction of sp³-hybridized carbons (Fsp3) is 0.769. The number of aromatic nitrogens is 2. The van der Waals surface area contributed by atoms with Crippen LogP contribution in [0.4, 0.5) is 5.13 Å². The van der Waals surface area contributed by atoms with Gasteiger partial charge in [-0.1, -0.05) is 13.8 Å². The Kier molecular flexibility index (Phi) is 4.74. The van der Waals surface area contributed by atoms with Gasteiger partial charge in [0, 0.05) is 37.5 Å². The van der Waals surface area contributed by atoms with Crippen molar-refractivity contribution in [2.45, 2.75) is 39.5 Å². The monoisotopic (exact) mass is 282 g/mol. The van der Waals surface area contributed by atoms with Crippen molar-refractivity contribution < 1.29 is 4.79 Å².